The number of carbonyl (C=O) groups is 1. The summed E-state index contributed by atoms with van der Waals surface area (Å²) in [6.45, 7) is 14.1. The van der Waals surface area contributed by atoms with Crippen LogP contribution in [0.4, 0.5) is 0 Å². The third-order valence-electron chi connectivity index (χ3n) is 3.43. The van der Waals surface area contributed by atoms with Crippen molar-refractivity contribution in [1.29, 1.82) is 0 Å². The topological polar surface area (TPSA) is 58.8 Å². The van der Waals surface area contributed by atoms with E-state index < -0.39 is 5.60 Å². The summed E-state index contributed by atoms with van der Waals surface area (Å²) in [4.78, 5) is 16.5. The first-order chi connectivity index (χ1) is 9.30. The minimum Gasteiger partial charge on any atom is -0.459 e. The van der Waals surface area contributed by atoms with E-state index in [1.165, 1.54) is 0 Å². The number of rotatable bonds is 5. The zero-order valence-corrected chi connectivity index (χ0v) is 13.5. The summed E-state index contributed by atoms with van der Waals surface area (Å²) in [6, 6.07) is 0. The Labute approximate surface area is 123 Å². The molecule has 1 heterocycles. The molecule has 1 atom stereocenters. The molecule has 0 spiro atoms. The van der Waals surface area contributed by atoms with Crippen molar-refractivity contribution >= 4 is 5.97 Å². The van der Waals surface area contributed by atoms with Crippen LogP contribution in [0.5, 0.6) is 0 Å². The number of nitrogens with zero attached hydrogens (tertiary/aromatic N) is 2. The van der Waals surface area contributed by atoms with Crippen LogP contribution in [-0.2, 0) is 9.53 Å². The smallest absolute Gasteiger partial charge is 0.320 e. The summed E-state index contributed by atoms with van der Waals surface area (Å²) >= 11 is 0. The van der Waals surface area contributed by atoms with E-state index in [9.17, 15) is 4.79 Å². The maximum Gasteiger partial charge on any atom is 0.320 e. The van der Waals surface area contributed by atoms with Gasteiger partial charge in [0.1, 0.15) is 5.60 Å². The molecule has 1 fully saturated rings. The number of nitrogens with two attached hydrogens (primary N) is 1. The van der Waals surface area contributed by atoms with Gasteiger partial charge in [0.25, 0.3) is 0 Å². The molecule has 20 heavy (non-hydrogen) atoms. The molecule has 5 heteroatoms. The van der Waals surface area contributed by atoms with Crippen LogP contribution in [0.15, 0.2) is 0 Å². The number of ether oxygens (including phenoxy) is 1. The fourth-order valence-electron chi connectivity index (χ4n) is 2.44. The molecule has 0 radical (unpaired) electrons. The second-order valence-electron chi connectivity index (χ2n) is 6.86. The van der Waals surface area contributed by atoms with Crippen molar-refractivity contribution < 1.29 is 9.53 Å². The predicted molar refractivity (Wildman–Crippen MR) is 81.6 cm³/mol. The lowest BCUT2D eigenvalue weighted by molar-refractivity contribution is -0.156. The van der Waals surface area contributed by atoms with E-state index in [2.05, 4.69) is 16.7 Å². The molecule has 0 bridgehead atoms. The molecular formula is C15H31N3O2. The largest absolute Gasteiger partial charge is 0.459 e. The summed E-state index contributed by atoms with van der Waals surface area (Å²) in [5, 5.41) is 0. The van der Waals surface area contributed by atoms with E-state index >= 15 is 0 Å². The quantitative estimate of drug-likeness (QED) is 0.762. The average molecular weight is 285 g/mol. The summed E-state index contributed by atoms with van der Waals surface area (Å²) in [7, 11) is 0. The van der Waals surface area contributed by atoms with Gasteiger partial charge in [0.2, 0.25) is 0 Å². The van der Waals surface area contributed by atoms with Gasteiger partial charge in [-0.2, -0.15) is 0 Å². The molecular weight excluding hydrogens is 254 g/mol. The standard InChI is InChI=1S/C15H31N3O2/c1-13(10-16)11-17-6-5-7-18(9-8-17)12-14(19)20-15(2,3)4/h13H,5-12,16H2,1-4H3. The van der Waals surface area contributed by atoms with E-state index in [1.54, 1.807) is 0 Å². The highest BCUT2D eigenvalue weighted by Crippen LogP contribution is 2.09. The molecule has 1 unspecified atom stereocenters. The Morgan fingerprint density at radius 2 is 1.80 bits per heavy atom. The molecule has 0 aromatic carbocycles. The van der Waals surface area contributed by atoms with Gasteiger partial charge >= 0.3 is 5.97 Å². The molecule has 118 valence electrons. The van der Waals surface area contributed by atoms with Crippen molar-refractivity contribution in [3.63, 3.8) is 0 Å². The van der Waals surface area contributed by atoms with Crippen LogP contribution in [0.1, 0.15) is 34.1 Å². The maximum atomic E-state index is 11.9. The van der Waals surface area contributed by atoms with Crippen LogP contribution in [-0.4, -0.2) is 67.2 Å². The normalized spacial score (nSPS) is 20.4. The molecule has 0 aromatic rings. The second-order valence-corrected chi connectivity index (χ2v) is 6.86. The Kier molecular flexibility index (Phi) is 6.92. The highest BCUT2D eigenvalue weighted by molar-refractivity contribution is 5.72. The second kappa shape index (κ2) is 7.96. The van der Waals surface area contributed by atoms with Gasteiger partial charge in [0, 0.05) is 26.2 Å². The van der Waals surface area contributed by atoms with Crippen LogP contribution in [0.2, 0.25) is 0 Å². The Hall–Kier alpha value is -0.650. The monoisotopic (exact) mass is 285 g/mol. The Morgan fingerprint density at radius 1 is 1.20 bits per heavy atom. The predicted octanol–water partition coefficient (Wildman–Crippen LogP) is 0.931. The van der Waals surface area contributed by atoms with E-state index in [4.69, 9.17) is 10.5 Å². The first kappa shape index (κ1) is 17.4. The van der Waals surface area contributed by atoms with E-state index in [-0.39, 0.29) is 5.97 Å². The van der Waals surface area contributed by atoms with Crippen LogP contribution in [0.25, 0.3) is 0 Å². The van der Waals surface area contributed by atoms with Gasteiger partial charge < -0.3 is 15.4 Å². The SMILES string of the molecule is CC(CN)CN1CCCN(CC(=O)OC(C)(C)C)CC1. The Bertz CT molecular complexity index is 302. The molecule has 1 rings (SSSR count). The summed E-state index contributed by atoms with van der Waals surface area (Å²) < 4.78 is 5.38. The number of hydrogen-bond acceptors (Lipinski definition) is 5. The van der Waals surface area contributed by atoms with Gasteiger partial charge in [0.05, 0.1) is 6.54 Å². The van der Waals surface area contributed by atoms with E-state index in [1.807, 2.05) is 20.8 Å². The van der Waals surface area contributed by atoms with Crippen molar-refractivity contribution in [2.75, 3.05) is 45.8 Å². The highest BCUT2D eigenvalue weighted by Gasteiger charge is 2.21. The molecule has 2 N–H and O–H groups in total. The number of esters is 1. The third kappa shape index (κ3) is 7.22. The lowest BCUT2D eigenvalue weighted by Crippen LogP contribution is -2.38. The minimum atomic E-state index is -0.397. The van der Waals surface area contributed by atoms with Crippen molar-refractivity contribution in [2.45, 2.75) is 39.7 Å². The fraction of sp³-hybridized carbons (Fsp3) is 0.933. The molecule has 1 saturated heterocycles. The van der Waals surface area contributed by atoms with E-state index in [0.29, 0.717) is 12.5 Å². The molecule has 0 amide bonds. The van der Waals surface area contributed by atoms with Gasteiger partial charge in [-0.1, -0.05) is 6.92 Å². The lowest BCUT2D eigenvalue weighted by atomic mass is 10.1. The Morgan fingerprint density at radius 3 is 2.40 bits per heavy atom. The number of carbonyl (C=O) groups excluding carboxylic acids is 1. The zero-order chi connectivity index (χ0) is 15.2. The zero-order valence-electron chi connectivity index (χ0n) is 13.5. The first-order valence-electron chi connectivity index (χ1n) is 7.67. The Balaban J connectivity index is 2.35. The summed E-state index contributed by atoms with van der Waals surface area (Å²) in [5.41, 5.74) is 5.28. The molecule has 1 aliphatic heterocycles. The van der Waals surface area contributed by atoms with Gasteiger partial charge in [-0.3, -0.25) is 9.69 Å². The van der Waals surface area contributed by atoms with Crippen LogP contribution >= 0.6 is 0 Å². The van der Waals surface area contributed by atoms with Gasteiger partial charge in [-0.25, -0.2) is 0 Å². The maximum absolute atomic E-state index is 11.9. The molecule has 1 aliphatic rings. The van der Waals surface area contributed by atoms with Gasteiger partial charge in [-0.15, -0.1) is 0 Å². The molecule has 5 nitrogen and oxygen atoms in total. The molecule has 0 aliphatic carbocycles. The van der Waals surface area contributed by atoms with Crippen molar-refractivity contribution in [1.82, 2.24) is 9.80 Å². The molecule has 0 aromatic heterocycles. The number of hydrogen-bond donors (Lipinski definition) is 1. The summed E-state index contributed by atoms with van der Waals surface area (Å²) in [6.07, 6.45) is 1.10. The van der Waals surface area contributed by atoms with Gasteiger partial charge in [0.15, 0.2) is 0 Å². The van der Waals surface area contributed by atoms with Crippen LogP contribution < -0.4 is 5.73 Å². The minimum absolute atomic E-state index is 0.124. The van der Waals surface area contributed by atoms with Crippen LogP contribution in [0.3, 0.4) is 0 Å². The van der Waals surface area contributed by atoms with Crippen molar-refractivity contribution in [3.8, 4) is 0 Å². The fourth-order valence-corrected chi connectivity index (χ4v) is 2.44. The average Bonchev–Trinajstić information content (AvgIpc) is 2.52. The van der Waals surface area contributed by atoms with Crippen molar-refractivity contribution in [3.05, 3.63) is 0 Å². The lowest BCUT2D eigenvalue weighted by Gasteiger charge is -2.25. The molecule has 0 saturated carbocycles. The van der Waals surface area contributed by atoms with Crippen molar-refractivity contribution in [2.24, 2.45) is 11.7 Å². The van der Waals surface area contributed by atoms with Crippen LogP contribution in [0, 0.1) is 5.92 Å². The van der Waals surface area contributed by atoms with Gasteiger partial charge in [-0.05, 0) is 46.2 Å². The van der Waals surface area contributed by atoms with E-state index in [0.717, 1.165) is 45.7 Å². The third-order valence-corrected chi connectivity index (χ3v) is 3.43. The first-order valence-corrected chi connectivity index (χ1v) is 7.67. The summed E-state index contributed by atoms with van der Waals surface area (Å²) in [5.74, 6) is 0.411. The highest BCUT2D eigenvalue weighted by atomic mass is 16.6.